The molecule has 0 radical (unpaired) electrons. The van der Waals surface area contributed by atoms with E-state index in [0.29, 0.717) is 6.54 Å². The maximum absolute atomic E-state index is 10.2. The first-order chi connectivity index (χ1) is 7.04. The summed E-state index contributed by atoms with van der Waals surface area (Å²) in [6, 6.07) is 0. The van der Waals surface area contributed by atoms with E-state index in [4.69, 9.17) is 0 Å². The Balaban J connectivity index is -0.000000177. The van der Waals surface area contributed by atoms with E-state index in [9.17, 15) is 9.59 Å². The molecule has 0 fully saturated rings. The summed E-state index contributed by atoms with van der Waals surface area (Å²) in [4.78, 5) is 21.0. The maximum atomic E-state index is 10.2. The fourth-order valence-electron chi connectivity index (χ4n) is 0.321. The van der Waals surface area contributed by atoms with Gasteiger partial charge < -0.3 is 10.2 Å². The number of allylic oxidation sites excluding steroid dienone is 1. The minimum atomic E-state index is 0.0168. The Morgan fingerprint density at radius 3 is 1.93 bits per heavy atom. The van der Waals surface area contributed by atoms with E-state index < -0.39 is 0 Å². The Labute approximate surface area is 93.3 Å². The van der Waals surface area contributed by atoms with Gasteiger partial charge in [0, 0.05) is 27.6 Å². The van der Waals surface area contributed by atoms with E-state index in [-0.39, 0.29) is 5.91 Å². The number of rotatable bonds is 3. The number of carbonyl (C=O) groups excluding carboxylic acids is 2. The number of nitrogens with one attached hydrogen (secondary N) is 1. The summed E-state index contributed by atoms with van der Waals surface area (Å²) in [6.07, 6.45) is 4.54. The van der Waals surface area contributed by atoms with Crippen molar-refractivity contribution < 1.29 is 9.59 Å². The minimum absolute atomic E-state index is 0.0168. The van der Waals surface area contributed by atoms with E-state index in [1.165, 1.54) is 11.8 Å². The highest BCUT2D eigenvalue weighted by Gasteiger charge is 1.81. The fourth-order valence-corrected chi connectivity index (χ4v) is 0.321. The third kappa shape index (κ3) is 44.8. The summed E-state index contributed by atoms with van der Waals surface area (Å²) < 4.78 is 0. The van der Waals surface area contributed by atoms with Crippen LogP contribution in [-0.2, 0) is 9.59 Å². The molecule has 4 nitrogen and oxygen atoms in total. The molecule has 0 aromatic heterocycles. The minimum Gasteiger partial charge on any atom is -0.353 e. The molecule has 0 unspecified atom stereocenters. The van der Waals surface area contributed by atoms with Gasteiger partial charge in [0.1, 0.15) is 0 Å². The highest BCUT2D eigenvalue weighted by atomic mass is 16.1. The molecule has 1 N–H and O–H groups in total. The van der Waals surface area contributed by atoms with E-state index in [0.717, 1.165) is 6.41 Å². The van der Waals surface area contributed by atoms with E-state index in [1.807, 2.05) is 32.9 Å². The third-order valence-electron chi connectivity index (χ3n) is 0.915. The maximum Gasteiger partial charge on any atom is 0.217 e. The van der Waals surface area contributed by atoms with Crippen molar-refractivity contribution in [3.8, 4) is 0 Å². The molecule has 0 rings (SSSR count). The Kier molecular flexibility index (Phi) is 23.7. The van der Waals surface area contributed by atoms with Crippen LogP contribution in [0.5, 0.6) is 0 Å². The second-order valence-electron chi connectivity index (χ2n) is 2.58. The molecule has 0 spiro atoms. The van der Waals surface area contributed by atoms with Gasteiger partial charge in [-0.05, 0) is 6.92 Å². The van der Waals surface area contributed by atoms with Crippen molar-refractivity contribution in [3.63, 3.8) is 0 Å². The van der Waals surface area contributed by atoms with Crippen molar-refractivity contribution >= 4 is 12.3 Å². The molecular weight excluding hydrogens is 192 g/mol. The van der Waals surface area contributed by atoms with Crippen LogP contribution in [0.3, 0.4) is 0 Å². The predicted molar refractivity (Wildman–Crippen MR) is 64.6 cm³/mol. The zero-order chi connectivity index (χ0) is 12.7. The second kappa shape index (κ2) is 18.5. The lowest BCUT2D eigenvalue weighted by Gasteiger charge is -1.93. The van der Waals surface area contributed by atoms with Crippen LogP contribution < -0.4 is 5.32 Å². The van der Waals surface area contributed by atoms with Crippen LogP contribution in [-0.4, -0.2) is 37.9 Å². The van der Waals surface area contributed by atoms with Gasteiger partial charge in [0.05, 0.1) is 0 Å². The lowest BCUT2D eigenvalue weighted by atomic mass is 10.5. The quantitative estimate of drug-likeness (QED) is 0.573. The van der Waals surface area contributed by atoms with Gasteiger partial charge in [-0.3, -0.25) is 9.59 Å². The summed E-state index contributed by atoms with van der Waals surface area (Å²) >= 11 is 0. The van der Waals surface area contributed by atoms with Crippen molar-refractivity contribution in [1.29, 1.82) is 0 Å². The predicted octanol–water partition coefficient (Wildman–Crippen LogP) is 1.43. The van der Waals surface area contributed by atoms with Gasteiger partial charge in [-0.2, -0.15) is 0 Å². The summed E-state index contributed by atoms with van der Waals surface area (Å²) in [5.74, 6) is 0.0168. The molecule has 0 aliphatic carbocycles. The fraction of sp³-hybridized carbons (Fsp3) is 0.636. The second-order valence-corrected chi connectivity index (χ2v) is 2.58. The Bertz CT molecular complexity index is 166. The lowest BCUT2D eigenvalue weighted by molar-refractivity contribution is -0.118. The number of amides is 2. The Morgan fingerprint density at radius 1 is 1.33 bits per heavy atom. The van der Waals surface area contributed by atoms with Gasteiger partial charge >= 0.3 is 0 Å². The zero-order valence-electron chi connectivity index (χ0n) is 10.7. The van der Waals surface area contributed by atoms with Gasteiger partial charge in [-0.25, -0.2) is 0 Å². The van der Waals surface area contributed by atoms with Gasteiger partial charge in [0.2, 0.25) is 12.3 Å². The standard InChI is InChI=1S/C6H11NO.C3H7NO.C2H6/c1-3-4-5-7-6(2)8;1-4(2)3-5;1-2/h3-4H,5H2,1-2H3,(H,7,8);3H,1-2H3;1-2H3/b4-3+;;. The van der Waals surface area contributed by atoms with Crippen LogP contribution in [0.2, 0.25) is 0 Å². The molecule has 0 aliphatic rings. The molecular formula is C11H24N2O2. The highest BCUT2D eigenvalue weighted by molar-refractivity contribution is 5.72. The SMILES string of the molecule is C/C=C/CNC(C)=O.CC.CN(C)C=O. The molecule has 15 heavy (non-hydrogen) atoms. The average molecular weight is 216 g/mol. The molecule has 0 atom stereocenters. The molecule has 0 saturated carbocycles. The molecule has 4 heteroatoms. The number of nitrogens with zero attached hydrogens (tertiary/aromatic N) is 1. The van der Waals surface area contributed by atoms with Gasteiger partial charge in [-0.15, -0.1) is 0 Å². The molecule has 90 valence electrons. The first-order valence-electron chi connectivity index (χ1n) is 5.01. The van der Waals surface area contributed by atoms with Crippen molar-refractivity contribution in [2.24, 2.45) is 0 Å². The summed E-state index contributed by atoms with van der Waals surface area (Å²) in [7, 11) is 3.38. The molecule has 0 aromatic rings. The molecule has 0 aliphatic heterocycles. The largest absolute Gasteiger partial charge is 0.353 e. The first kappa shape index (κ1) is 19.3. The third-order valence-corrected chi connectivity index (χ3v) is 0.915. The average Bonchev–Trinajstić information content (AvgIpc) is 2.21. The number of hydrogen-bond acceptors (Lipinski definition) is 2. The van der Waals surface area contributed by atoms with E-state index in [2.05, 4.69) is 5.32 Å². The zero-order valence-corrected chi connectivity index (χ0v) is 10.7. The smallest absolute Gasteiger partial charge is 0.217 e. The number of carbonyl (C=O) groups is 2. The van der Waals surface area contributed by atoms with Gasteiger partial charge in [-0.1, -0.05) is 26.0 Å². The molecule has 0 aromatic carbocycles. The Hall–Kier alpha value is -1.32. The first-order valence-corrected chi connectivity index (χ1v) is 5.01. The van der Waals surface area contributed by atoms with E-state index >= 15 is 0 Å². The van der Waals surface area contributed by atoms with Crippen LogP contribution in [0.1, 0.15) is 27.7 Å². The van der Waals surface area contributed by atoms with Crippen LogP contribution >= 0.6 is 0 Å². The number of hydrogen-bond donors (Lipinski definition) is 1. The summed E-state index contributed by atoms with van der Waals surface area (Å²) in [5, 5.41) is 2.62. The lowest BCUT2D eigenvalue weighted by Crippen LogP contribution is -2.19. The monoisotopic (exact) mass is 216 g/mol. The van der Waals surface area contributed by atoms with Crippen LogP contribution in [0.4, 0.5) is 0 Å². The molecule has 0 heterocycles. The summed E-state index contributed by atoms with van der Waals surface area (Å²) in [6.45, 7) is 8.07. The molecule has 0 saturated heterocycles. The van der Waals surface area contributed by atoms with E-state index in [1.54, 1.807) is 14.1 Å². The van der Waals surface area contributed by atoms with Gasteiger partial charge in [0.25, 0.3) is 0 Å². The normalized spacial score (nSPS) is 7.87. The molecule has 2 amide bonds. The van der Waals surface area contributed by atoms with Crippen LogP contribution in [0, 0.1) is 0 Å². The topological polar surface area (TPSA) is 49.4 Å². The van der Waals surface area contributed by atoms with Crippen molar-refractivity contribution in [1.82, 2.24) is 10.2 Å². The van der Waals surface area contributed by atoms with Crippen molar-refractivity contribution in [2.75, 3.05) is 20.6 Å². The molecule has 0 bridgehead atoms. The van der Waals surface area contributed by atoms with Crippen LogP contribution in [0.25, 0.3) is 0 Å². The van der Waals surface area contributed by atoms with Crippen LogP contribution in [0.15, 0.2) is 12.2 Å². The van der Waals surface area contributed by atoms with Crippen molar-refractivity contribution in [2.45, 2.75) is 27.7 Å². The summed E-state index contributed by atoms with van der Waals surface area (Å²) in [5.41, 5.74) is 0. The Morgan fingerprint density at radius 2 is 1.73 bits per heavy atom. The van der Waals surface area contributed by atoms with Gasteiger partial charge in [0.15, 0.2) is 0 Å². The van der Waals surface area contributed by atoms with Crippen molar-refractivity contribution in [3.05, 3.63) is 12.2 Å². The highest BCUT2D eigenvalue weighted by Crippen LogP contribution is 1.66.